The number of anilines is 2. The number of benzene rings is 1. The molecule has 2 aromatic rings. The molecule has 1 aliphatic rings. The summed E-state index contributed by atoms with van der Waals surface area (Å²) in [5, 5.41) is 2.95. The van der Waals surface area contributed by atoms with Crippen LogP contribution in [-0.4, -0.2) is 29.1 Å². The summed E-state index contributed by atoms with van der Waals surface area (Å²) in [6, 6.07) is 9.20. The van der Waals surface area contributed by atoms with E-state index in [9.17, 15) is 9.59 Å². The Morgan fingerprint density at radius 3 is 2.57 bits per heavy atom. The highest BCUT2D eigenvalue weighted by Crippen LogP contribution is 2.39. The van der Waals surface area contributed by atoms with Gasteiger partial charge in [0.2, 0.25) is 5.91 Å². The maximum atomic E-state index is 12.2. The first kappa shape index (κ1) is 19.7. The lowest BCUT2D eigenvalue weighted by molar-refractivity contribution is -0.117. The lowest BCUT2D eigenvalue weighted by Crippen LogP contribution is -2.45. The van der Waals surface area contributed by atoms with Crippen LogP contribution in [0.2, 0.25) is 0 Å². The van der Waals surface area contributed by atoms with Crippen molar-refractivity contribution in [2.24, 2.45) is 0 Å². The van der Waals surface area contributed by atoms with Crippen LogP contribution in [0.3, 0.4) is 0 Å². The summed E-state index contributed by atoms with van der Waals surface area (Å²) in [5.74, 6) is 0.424. The van der Waals surface area contributed by atoms with E-state index in [1.165, 1.54) is 0 Å². The van der Waals surface area contributed by atoms with Crippen molar-refractivity contribution in [3.05, 3.63) is 42.1 Å². The molecule has 0 saturated heterocycles. The predicted molar refractivity (Wildman–Crippen MR) is 109 cm³/mol. The average Bonchev–Trinajstić information content (AvgIpc) is 2.61. The molecule has 2 atom stereocenters. The third-order valence-electron chi connectivity index (χ3n) is 4.77. The number of nitrogen functional groups attached to an aromatic ring is 1. The van der Waals surface area contributed by atoms with Gasteiger partial charge in [-0.3, -0.25) is 4.79 Å². The summed E-state index contributed by atoms with van der Waals surface area (Å²) < 4.78 is 5.25. The van der Waals surface area contributed by atoms with Gasteiger partial charge >= 0.3 is 6.09 Å². The molecule has 0 aliphatic carbocycles. The molecule has 1 aliphatic heterocycles. The highest BCUT2D eigenvalue weighted by molar-refractivity contribution is 5.94. The zero-order valence-electron chi connectivity index (χ0n) is 16.6. The van der Waals surface area contributed by atoms with Crippen molar-refractivity contribution in [2.45, 2.75) is 52.3 Å². The van der Waals surface area contributed by atoms with Crippen LogP contribution in [0.1, 0.15) is 45.7 Å². The number of carbonyl (C=O) groups is 2. The Labute approximate surface area is 164 Å². The third-order valence-corrected chi connectivity index (χ3v) is 4.77. The van der Waals surface area contributed by atoms with E-state index in [2.05, 4.69) is 10.3 Å². The van der Waals surface area contributed by atoms with Crippen molar-refractivity contribution in [2.75, 3.05) is 10.6 Å². The van der Waals surface area contributed by atoms with Crippen molar-refractivity contribution in [3.8, 4) is 11.1 Å². The monoisotopic (exact) mass is 382 g/mol. The van der Waals surface area contributed by atoms with Gasteiger partial charge < -0.3 is 20.7 Å². The van der Waals surface area contributed by atoms with Gasteiger partial charge in [0.15, 0.2) is 0 Å². The average molecular weight is 382 g/mol. The third kappa shape index (κ3) is 4.08. The Hall–Kier alpha value is -3.09. The van der Waals surface area contributed by atoms with Gasteiger partial charge in [-0.1, -0.05) is 6.07 Å². The van der Waals surface area contributed by atoms with E-state index in [1.807, 2.05) is 31.2 Å². The zero-order chi connectivity index (χ0) is 20.4. The number of fused-ring (bicyclic) bond motifs is 1. The fourth-order valence-corrected chi connectivity index (χ4v) is 3.63. The van der Waals surface area contributed by atoms with Gasteiger partial charge in [0.1, 0.15) is 5.82 Å². The number of nitrogens with zero attached hydrogens (tertiary/aromatic N) is 2. The summed E-state index contributed by atoms with van der Waals surface area (Å²) >= 11 is 0. The van der Waals surface area contributed by atoms with E-state index >= 15 is 0 Å². The molecule has 0 saturated carbocycles. The summed E-state index contributed by atoms with van der Waals surface area (Å²) in [6.07, 6.45) is 1.64. The van der Waals surface area contributed by atoms with E-state index in [0.29, 0.717) is 12.2 Å². The number of hydrogen-bond acceptors (Lipinski definition) is 5. The molecule has 3 rings (SSSR count). The Kier molecular flexibility index (Phi) is 5.53. The Morgan fingerprint density at radius 2 is 1.96 bits per heavy atom. The van der Waals surface area contributed by atoms with E-state index in [4.69, 9.17) is 10.5 Å². The van der Waals surface area contributed by atoms with Crippen LogP contribution in [0.25, 0.3) is 11.1 Å². The molecule has 7 heteroatoms. The standard InChI is InChI=1S/C21H26N4O3/c1-12(2)28-21(27)24-18-9-13(3)25(14(4)26)19-7-5-15(10-17(18)19)16-6-8-20(22)23-11-16/h5-8,10-13,18H,9H2,1-4H3,(H2,22,23)(H,24,27). The van der Waals surface area contributed by atoms with Crippen LogP contribution in [-0.2, 0) is 9.53 Å². The molecule has 0 bridgehead atoms. The van der Waals surface area contributed by atoms with E-state index in [1.54, 1.807) is 37.9 Å². The fraction of sp³-hybridized carbons (Fsp3) is 0.381. The first-order valence-corrected chi connectivity index (χ1v) is 9.39. The van der Waals surface area contributed by atoms with E-state index < -0.39 is 6.09 Å². The van der Waals surface area contributed by atoms with Crippen LogP contribution in [0, 0.1) is 0 Å². The lowest BCUT2D eigenvalue weighted by Gasteiger charge is -2.39. The summed E-state index contributed by atoms with van der Waals surface area (Å²) in [7, 11) is 0. The molecular weight excluding hydrogens is 356 g/mol. The molecule has 28 heavy (non-hydrogen) atoms. The molecule has 0 fully saturated rings. The molecule has 1 aromatic heterocycles. The first-order chi connectivity index (χ1) is 13.3. The normalized spacial score (nSPS) is 18.5. The highest BCUT2D eigenvalue weighted by atomic mass is 16.6. The number of nitrogens with one attached hydrogen (secondary N) is 1. The fourth-order valence-electron chi connectivity index (χ4n) is 3.63. The number of hydrogen-bond donors (Lipinski definition) is 2. The zero-order valence-corrected chi connectivity index (χ0v) is 16.6. The van der Waals surface area contributed by atoms with Gasteiger partial charge in [0, 0.05) is 30.4 Å². The van der Waals surface area contributed by atoms with Crippen LogP contribution in [0.15, 0.2) is 36.5 Å². The van der Waals surface area contributed by atoms with Crippen molar-refractivity contribution in [1.82, 2.24) is 10.3 Å². The predicted octanol–water partition coefficient (Wildman–Crippen LogP) is 3.65. The van der Waals surface area contributed by atoms with Gasteiger partial charge in [-0.25, -0.2) is 9.78 Å². The van der Waals surface area contributed by atoms with Crippen molar-refractivity contribution in [1.29, 1.82) is 0 Å². The number of ether oxygens (including phenoxy) is 1. The molecule has 2 heterocycles. The topological polar surface area (TPSA) is 97.5 Å². The van der Waals surface area contributed by atoms with Gasteiger partial charge in [-0.2, -0.15) is 0 Å². The number of alkyl carbamates (subject to hydrolysis) is 1. The highest BCUT2D eigenvalue weighted by Gasteiger charge is 2.33. The number of rotatable bonds is 3. The maximum absolute atomic E-state index is 12.2. The lowest BCUT2D eigenvalue weighted by atomic mass is 9.89. The molecule has 2 unspecified atom stereocenters. The molecule has 2 amide bonds. The number of carbonyl (C=O) groups excluding carboxylic acids is 2. The summed E-state index contributed by atoms with van der Waals surface area (Å²) in [4.78, 5) is 30.4. The van der Waals surface area contributed by atoms with Gasteiger partial charge in [-0.15, -0.1) is 0 Å². The second kappa shape index (κ2) is 7.88. The maximum Gasteiger partial charge on any atom is 0.407 e. The minimum absolute atomic E-state index is 0.0288. The quantitative estimate of drug-likeness (QED) is 0.844. The van der Waals surface area contributed by atoms with Crippen molar-refractivity contribution >= 4 is 23.5 Å². The van der Waals surface area contributed by atoms with Gasteiger partial charge in [0.25, 0.3) is 0 Å². The van der Waals surface area contributed by atoms with Crippen LogP contribution >= 0.6 is 0 Å². The number of aromatic nitrogens is 1. The SMILES string of the molecule is CC(=O)N1c2ccc(-c3ccc(N)nc3)cc2C(NC(=O)OC(C)C)CC1C. The van der Waals surface area contributed by atoms with Crippen LogP contribution < -0.4 is 16.0 Å². The minimum atomic E-state index is -0.464. The first-order valence-electron chi connectivity index (χ1n) is 9.39. The van der Waals surface area contributed by atoms with Crippen LogP contribution in [0.5, 0.6) is 0 Å². The molecule has 0 spiro atoms. The van der Waals surface area contributed by atoms with E-state index in [-0.39, 0.29) is 24.1 Å². The van der Waals surface area contributed by atoms with Crippen molar-refractivity contribution < 1.29 is 14.3 Å². The molecular formula is C21H26N4O3. The second-order valence-corrected chi connectivity index (χ2v) is 7.37. The Bertz CT molecular complexity index is 880. The Balaban J connectivity index is 2.02. The summed E-state index contributed by atoms with van der Waals surface area (Å²) in [5.41, 5.74) is 9.21. The van der Waals surface area contributed by atoms with Crippen LogP contribution in [0.4, 0.5) is 16.3 Å². The van der Waals surface area contributed by atoms with Gasteiger partial charge in [0.05, 0.1) is 12.1 Å². The smallest absolute Gasteiger partial charge is 0.407 e. The van der Waals surface area contributed by atoms with E-state index in [0.717, 1.165) is 22.4 Å². The number of pyridine rings is 1. The second-order valence-electron chi connectivity index (χ2n) is 7.37. The minimum Gasteiger partial charge on any atom is -0.447 e. The molecule has 148 valence electrons. The number of nitrogens with two attached hydrogens (primary N) is 1. The molecule has 1 aromatic carbocycles. The summed E-state index contributed by atoms with van der Waals surface area (Å²) in [6.45, 7) is 7.14. The molecule has 3 N–H and O–H groups in total. The Morgan fingerprint density at radius 1 is 1.25 bits per heavy atom. The molecule has 0 radical (unpaired) electrons. The largest absolute Gasteiger partial charge is 0.447 e. The van der Waals surface area contributed by atoms with Crippen molar-refractivity contribution in [3.63, 3.8) is 0 Å². The number of amides is 2. The van der Waals surface area contributed by atoms with Gasteiger partial charge in [-0.05, 0) is 62.6 Å². The molecule has 7 nitrogen and oxygen atoms in total.